The van der Waals surface area contributed by atoms with E-state index in [0.717, 1.165) is 25.1 Å². The third-order valence-corrected chi connectivity index (χ3v) is 3.06. The van der Waals surface area contributed by atoms with Crippen molar-refractivity contribution in [3.8, 4) is 0 Å². The van der Waals surface area contributed by atoms with Gasteiger partial charge in [-0.2, -0.15) is 13.2 Å². The highest BCUT2D eigenvalue weighted by molar-refractivity contribution is 6.04. The van der Waals surface area contributed by atoms with Crippen LogP contribution in [0.25, 0.3) is 0 Å². The molecule has 0 aliphatic heterocycles. The van der Waals surface area contributed by atoms with E-state index in [9.17, 15) is 28.1 Å². The average Bonchev–Trinajstić information content (AvgIpc) is 2.46. The standard InChI is InChI=1S/C15H11F3N2O3/c1-9(21)14-12(6-3-7-13(14)20(22)23)19-11-5-2-4-10(8-11)15(16,17)18/h2-8,19H,1H3. The highest BCUT2D eigenvalue weighted by Gasteiger charge is 2.30. The normalized spacial score (nSPS) is 11.1. The van der Waals surface area contributed by atoms with Gasteiger partial charge in [-0.1, -0.05) is 12.1 Å². The summed E-state index contributed by atoms with van der Waals surface area (Å²) in [5, 5.41) is 13.6. The summed E-state index contributed by atoms with van der Waals surface area (Å²) in [5.41, 5.74) is -1.31. The molecular formula is C15H11F3N2O3. The minimum atomic E-state index is -4.51. The molecular weight excluding hydrogens is 313 g/mol. The van der Waals surface area contributed by atoms with Crippen LogP contribution >= 0.6 is 0 Å². The summed E-state index contributed by atoms with van der Waals surface area (Å²) < 4.78 is 38.1. The first-order valence-electron chi connectivity index (χ1n) is 6.43. The molecule has 0 atom stereocenters. The van der Waals surface area contributed by atoms with Crippen molar-refractivity contribution in [2.45, 2.75) is 13.1 Å². The number of rotatable bonds is 4. The largest absolute Gasteiger partial charge is 0.416 e. The molecule has 2 aromatic rings. The first-order chi connectivity index (χ1) is 10.7. The molecule has 0 fully saturated rings. The van der Waals surface area contributed by atoms with E-state index < -0.39 is 28.1 Å². The van der Waals surface area contributed by atoms with E-state index in [1.807, 2.05) is 0 Å². The van der Waals surface area contributed by atoms with E-state index in [0.29, 0.717) is 0 Å². The Labute approximate surface area is 128 Å². The van der Waals surface area contributed by atoms with Crippen LogP contribution in [0.1, 0.15) is 22.8 Å². The number of Topliss-reactive ketones (excluding diaryl/α,β-unsaturated/α-hetero) is 1. The number of nitrogens with one attached hydrogen (secondary N) is 1. The lowest BCUT2D eigenvalue weighted by molar-refractivity contribution is -0.385. The number of carbonyl (C=O) groups excluding carboxylic acids is 1. The number of hydrogen-bond donors (Lipinski definition) is 1. The molecule has 0 aliphatic rings. The van der Waals surface area contributed by atoms with Gasteiger partial charge in [-0.25, -0.2) is 0 Å². The van der Waals surface area contributed by atoms with Crippen molar-refractivity contribution < 1.29 is 22.9 Å². The van der Waals surface area contributed by atoms with E-state index >= 15 is 0 Å². The molecule has 0 aromatic heterocycles. The quantitative estimate of drug-likeness (QED) is 0.508. The second-order valence-electron chi connectivity index (χ2n) is 4.72. The number of benzene rings is 2. The molecule has 120 valence electrons. The number of halogens is 3. The van der Waals surface area contributed by atoms with E-state index in [2.05, 4.69) is 5.32 Å². The molecule has 0 saturated carbocycles. The predicted molar refractivity (Wildman–Crippen MR) is 77.8 cm³/mol. The Balaban J connectivity index is 2.47. The molecule has 5 nitrogen and oxygen atoms in total. The highest BCUT2D eigenvalue weighted by atomic mass is 19.4. The van der Waals surface area contributed by atoms with Crippen LogP contribution in [0.4, 0.5) is 30.2 Å². The predicted octanol–water partition coefficient (Wildman–Crippen LogP) is 4.56. The van der Waals surface area contributed by atoms with E-state index in [-0.39, 0.29) is 16.9 Å². The maximum absolute atomic E-state index is 12.7. The van der Waals surface area contributed by atoms with Crippen LogP contribution in [-0.2, 0) is 6.18 Å². The molecule has 0 saturated heterocycles. The Morgan fingerprint density at radius 2 is 1.83 bits per heavy atom. The summed E-state index contributed by atoms with van der Waals surface area (Å²) in [7, 11) is 0. The molecule has 1 N–H and O–H groups in total. The van der Waals surface area contributed by atoms with Crippen molar-refractivity contribution in [2.75, 3.05) is 5.32 Å². The lowest BCUT2D eigenvalue weighted by atomic mass is 10.1. The summed E-state index contributed by atoms with van der Waals surface area (Å²) in [6.45, 7) is 1.15. The zero-order valence-corrected chi connectivity index (χ0v) is 11.8. The molecule has 2 aromatic carbocycles. The second-order valence-corrected chi connectivity index (χ2v) is 4.72. The maximum atomic E-state index is 12.7. The van der Waals surface area contributed by atoms with E-state index in [1.165, 1.54) is 24.3 Å². The molecule has 0 heterocycles. The topological polar surface area (TPSA) is 72.2 Å². The lowest BCUT2D eigenvalue weighted by Gasteiger charge is -2.13. The Kier molecular flexibility index (Phi) is 4.35. The van der Waals surface area contributed by atoms with Gasteiger partial charge in [-0.05, 0) is 31.2 Å². The maximum Gasteiger partial charge on any atom is 0.416 e. The zero-order valence-electron chi connectivity index (χ0n) is 11.8. The lowest BCUT2D eigenvalue weighted by Crippen LogP contribution is -2.07. The molecule has 0 aliphatic carbocycles. The summed E-state index contributed by atoms with van der Waals surface area (Å²) in [5.74, 6) is -0.563. The third kappa shape index (κ3) is 3.65. The van der Waals surface area contributed by atoms with Crippen molar-refractivity contribution in [3.63, 3.8) is 0 Å². The number of anilines is 2. The van der Waals surface area contributed by atoms with Crippen molar-refractivity contribution in [3.05, 3.63) is 63.7 Å². The first kappa shape index (κ1) is 16.5. The number of nitro benzene ring substituents is 1. The molecule has 0 radical (unpaired) electrons. The monoisotopic (exact) mass is 324 g/mol. The molecule has 0 bridgehead atoms. The van der Waals surface area contributed by atoms with E-state index in [4.69, 9.17) is 0 Å². The van der Waals surface area contributed by atoms with Gasteiger partial charge in [-0.15, -0.1) is 0 Å². The Bertz CT molecular complexity index is 773. The number of hydrogen-bond acceptors (Lipinski definition) is 4. The molecule has 0 unspecified atom stereocenters. The Morgan fingerprint density at radius 1 is 1.17 bits per heavy atom. The fourth-order valence-electron chi connectivity index (χ4n) is 2.10. The van der Waals surface area contributed by atoms with Crippen molar-refractivity contribution in [1.29, 1.82) is 0 Å². The number of ketones is 1. The SMILES string of the molecule is CC(=O)c1c(Nc2cccc(C(F)(F)F)c2)cccc1[N+](=O)[O-]. The van der Waals surface area contributed by atoms with Crippen molar-refractivity contribution >= 4 is 22.8 Å². The van der Waals surface area contributed by atoms with Crippen LogP contribution in [0.15, 0.2) is 42.5 Å². The number of nitro groups is 1. The van der Waals surface area contributed by atoms with Gasteiger partial charge in [0.2, 0.25) is 0 Å². The van der Waals surface area contributed by atoms with Crippen LogP contribution in [0, 0.1) is 10.1 Å². The van der Waals surface area contributed by atoms with Crippen LogP contribution in [0.2, 0.25) is 0 Å². The molecule has 8 heteroatoms. The molecule has 2 rings (SSSR count). The minimum Gasteiger partial charge on any atom is -0.355 e. The van der Waals surface area contributed by atoms with E-state index in [1.54, 1.807) is 0 Å². The van der Waals surface area contributed by atoms with Gasteiger partial charge in [0.05, 0.1) is 16.2 Å². The Hall–Kier alpha value is -2.90. The van der Waals surface area contributed by atoms with Crippen LogP contribution in [-0.4, -0.2) is 10.7 Å². The van der Waals surface area contributed by atoms with Gasteiger partial charge >= 0.3 is 6.18 Å². The highest BCUT2D eigenvalue weighted by Crippen LogP contribution is 2.33. The van der Waals surface area contributed by atoms with Crippen LogP contribution in [0.3, 0.4) is 0 Å². The number of alkyl halides is 3. The Morgan fingerprint density at radius 3 is 2.39 bits per heavy atom. The van der Waals surface area contributed by atoms with Crippen LogP contribution < -0.4 is 5.32 Å². The molecule has 0 spiro atoms. The van der Waals surface area contributed by atoms with Gasteiger partial charge in [0, 0.05) is 11.8 Å². The molecule has 0 amide bonds. The van der Waals surface area contributed by atoms with Crippen LogP contribution in [0.5, 0.6) is 0 Å². The van der Waals surface area contributed by atoms with Crippen molar-refractivity contribution in [1.82, 2.24) is 0 Å². The van der Waals surface area contributed by atoms with Gasteiger partial charge in [0.15, 0.2) is 5.78 Å². The summed E-state index contributed by atoms with van der Waals surface area (Å²) in [6, 6.07) is 8.25. The van der Waals surface area contributed by atoms with Gasteiger partial charge in [-0.3, -0.25) is 14.9 Å². The first-order valence-corrected chi connectivity index (χ1v) is 6.43. The van der Waals surface area contributed by atoms with Gasteiger partial charge in [0.1, 0.15) is 5.56 Å². The van der Waals surface area contributed by atoms with Crippen molar-refractivity contribution in [2.24, 2.45) is 0 Å². The fourth-order valence-corrected chi connectivity index (χ4v) is 2.10. The summed E-state index contributed by atoms with van der Waals surface area (Å²) in [4.78, 5) is 22.0. The number of carbonyl (C=O) groups is 1. The van der Waals surface area contributed by atoms with Gasteiger partial charge in [0.25, 0.3) is 5.69 Å². The number of nitrogens with zero attached hydrogens (tertiary/aromatic N) is 1. The average molecular weight is 324 g/mol. The third-order valence-electron chi connectivity index (χ3n) is 3.06. The van der Waals surface area contributed by atoms with Gasteiger partial charge < -0.3 is 5.32 Å². The summed E-state index contributed by atoms with van der Waals surface area (Å²) in [6.07, 6.45) is -4.51. The molecule has 23 heavy (non-hydrogen) atoms. The summed E-state index contributed by atoms with van der Waals surface area (Å²) >= 11 is 0. The zero-order chi connectivity index (χ0) is 17.2. The fraction of sp³-hybridized carbons (Fsp3) is 0.133. The minimum absolute atomic E-state index is 0.0721. The smallest absolute Gasteiger partial charge is 0.355 e. The second kappa shape index (κ2) is 6.07.